The molecule has 2 aromatic rings. The van der Waals surface area contributed by atoms with Crippen molar-refractivity contribution in [3.05, 3.63) is 63.0 Å². The van der Waals surface area contributed by atoms with Crippen molar-refractivity contribution in [3.63, 3.8) is 0 Å². The second kappa shape index (κ2) is 8.99. The minimum atomic E-state index is -1.01. The molecule has 0 saturated carbocycles. The molecule has 8 heteroatoms. The van der Waals surface area contributed by atoms with Crippen LogP contribution in [0.4, 0.5) is 5.69 Å². The van der Waals surface area contributed by atoms with Gasteiger partial charge in [0, 0.05) is 17.1 Å². The van der Waals surface area contributed by atoms with E-state index >= 15 is 0 Å². The molecule has 1 aliphatic rings. The van der Waals surface area contributed by atoms with E-state index in [9.17, 15) is 9.59 Å². The molecule has 0 spiro atoms. The highest BCUT2D eigenvalue weighted by Gasteiger charge is 2.30. The molecule has 1 fully saturated rings. The van der Waals surface area contributed by atoms with Gasteiger partial charge in [0.25, 0.3) is 5.91 Å². The number of terminal acetylenes is 1. The van der Waals surface area contributed by atoms with Crippen LogP contribution in [0, 0.1) is 12.3 Å². The summed E-state index contributed by atoms with van der Waals surface area (Å²) in [6.45, 7) is 0.123. The highest BCUT2D eigenvalue weighted by atomic mass is 79.9. The van der Waals surface area contributed by atoms with Crippen LogP contribution in [0.15, 0.2) is 56.8 Å². The van der Waals surface area contributed by atoms with Crippen molar-refractivity contribution >= 4 is 56.5 Å². The number of aromatic carboxylic acids is 1. The number of hydrogen-bond donors (Lipinski definition) is 1. The summed E-state index contributed by atoms with van der Waals surface area (Å²) in [5, 5.41) is 9.47. The Hall–Kier alpha value is -3.02. The Morgan fingerprint density at radius 2 is 2.07 bits per heavy atom. The molecular formula is C21H15BrN2O4S. The van der Waals surface area contributed by atoms with Crippen molar-refractivity contribution in [3.8, 4) is 18.1 Å². The van der Waals surface area contributed by atoms with E-state index in [2.05, 4.69) is 26.8 Å². The predicted octanol–water partition coefficient (Wildman–Crippen LogP) is 4.39. The summed E-state index contributed by atoms with van der Waals surface area (Å²) in [6, 6.07) is 11.6. The number of rotatable bonds is 5. The zero-order chi connectivity index (χ0) is 21.0. The lowest BCUT2D eigenvalue weighted by Gasteiger charge is -2.08. The van der Waals surface area contributed by atoms with Gasteiger partial charge in [0.1, 0.15) is 12.4 Å². The molecule has 0 aromatic heterocycles. The summed E-state index contributed by atoms with van der Waals surface area (Å²) >= 11 is 4.65. The first-order valence-corrected chi connectivity index (χ1v) is 9.95. The minimum Gasteiger partial charge on any atom is -0.480 e. The first kappa shape index (κ1) is 20.7. The van der Waals surface area contributed by atoms with Gasteiger partial charge in [0.05, 0.1) is 16.2 Å². The quantitative estimate of drug-likeness (QED) is 0.517. The van der Waals surface area contributed by atoms with E-state index in [-0.39, 0.29) is 18.1 Å². The highest BCUT2D eigenvalue weighted by molar-refractivity contribution is 9.10. The Kier molecular flexibility index (Phi) is 6.42. The van der Waals surface area contributed by atoms with Crippen LogP contribution in [0.5, 0.6) is 5.75 Å². The predicted molar refractivity (Wildman–Crippen MR) is 117 cm³/mol. The van der Waals surface area contributed by atoms with E-state index in [1.54, 1.807) is 31.3 Å². The Morgan fingerprint density at radius 3 is 2.72 bits per heavy atom. The molecule has 0 unspecified atom stereocenters. The minimum absolute atomic E-state index is 0.123. The molecule has 0 radical (unpaired) electrons. The summed E-state index contributed by atoms with van der Waals surface area (Å²) in [4.78, 5) is 30.0. The molecule has 146 valence electrons. The maximum atomic E-state index is 12.7. The van der Waals surface area contributed by atoms with Crippen molar-refractivity contribution in [1.82, 2.24) is 4.90 Å². The standard InChI is InChI=1S/C21H15BrN2O4S/c1-3-10-28-17-9-6-15(22)11-14(17)12-18-19(25)24(2)21(29-18)23-16-7-4-13(5-8-16)20(26)27/h1,4-9,11-12H,10H2,2H3,(H,26,27)/b18-12-,23-21?. The van der Waals surface area contributed by atoms with Gasteiger partial charge >= 0.3 is 5.97 Å². The van der Waals surface area contributed by atoms with Gasteiger partial charge in [-0.25, -0.2) is 9.79 Å². The van der Waals surface area contributed by atoms with Crippen molar-refractivity contribution < 1.29 is 19.4 Å². The average Bonchev–Trinajstić information content (AvgIpc) is 2.95. The largest absolute Gasteiger partial charge is 0.480 e. The van der Waals surface area contributed by atoms with Gasteiger partial charge in [-0.1, -0.05) is 21.9 Å². The third-order valence-electron chi connectivity index (χ3n) is 3.91. The summed E-state index contributed by atoms with van der Waals surface area (Å²) in [6.07, 6.45) is 7.00. The molecule has 1 amide bonds. The number of benzene rings is 2. The lowest BCUT2D eigenvalue weighted by molar-refractivity contribution is -0.121. The SMILES string of the molecule is C#CCOc1ccc(Br)cc1/C=C1\SC(=Nc2ccc(C(=O)O)cc2)N(C)C1=O. The Bertz CT molecular complexity index is 1070. The van der Waals surface area contributed by atoms with Crippen LogP contribution in [0.2, 0.25) is 0 Å². The third kappa shape index (κ3) is 4.88. The van der Waals surface area contributed by atoms with Gasteiger partial charge in [-0.05, 0) is 60.3 Å². The molecule has 6 nitrogen and oxygen atoms in total. The topological polar surface area (TPSA) is 79.2 Å². The Labute approximate surface area is 180 Å². The van der Waals surface area contributed by atoms with Gasteiger partial charge in [0.2, 0.25) is 0 Å². The number of ether oxygens (including phenoxy) is 1. The second-order valence-corrected chi connectivity index (χ2v) is 7.82. The maximum Gasteiger partial charge on any atom is 0.335 e. The third-order valence-corrected chi connectivity index (χ3v) is 5.47. The maximum absolute atomic E-state index is 12.7. The van der Waals surface area contributed by atoms with Gasteiger partial charge in [-0.15, -0.1) is 6.42 Å². The second-order valence-electron chi connectivity index (χ2n) is 5.90. The van der Waals surface area contributed by atoms with Crippen LogP contribution in [0.25, 0.3) is 6.08 Å². The number of amides is 1. The fourth-order valence-corrected chi connectivity index (χ4v) is 3.82. The first-order valence-electron chi connectivity index (χ1n) is 8.34. The van der Waals surface area contributed by atoms with E-state index in [1.807, 2.05) is 12.1 Å². The van der Waals surface area contributed by atoms with Crippen molar-refractivity contribution in [2.75, 3.05) is 13.7 Å². The fraction of sp³-hybridized carbons (Fsp3) is 0.0952. The molecule has 1 saturated heterocycles. The Morgan fingerprint density at radius 1 is 1.34 bits per heavy atom. The molecule has 1 heterocycles. The molecule has 1 N–H and O–H groups in total. The van der Waals surface area contributed by atoms with Gasteiger partial charge in [-0.3, -0.25) is 9.69 Å². The van der Waals surface area contributed by atoms with E-state index in [4.69, 9.17) is 16.3 Å². The number of hydrogen-bond acceptors (Lipinski definition) is 5. The van der Waals surface area contributed by atoms with Gasteiger partial charge < -0.3 is 9.84 Å². The van der Waals surface area contributed by atoms with Crippen LogP contribution >= 0.6 is 27.7 Å². The molecule has 1 aliphatic heterocycles. The summed E-state index contributed by atoms with van der Waals surface area (Å²) in [5.41, 5.74) is 1.44. The van der Waals surface area contributed by atoms with E-state index < -0.39 is 5.97 Å². The number of halogens is 1. The van der Waals surface area contributed by atoms with Gasteiger partial charge in [0.15, 0.2) is 5.17 Å². The van der Waals surface area contributed by atoms with E-state index in [0.29, 0.717) is 27.1 Å². The highest BCUT2D eigenvalue weighted by Crippen LogP contribution is 2.35. The molecule has 0 aliphatic carbocycles. The lowest BCUT2D eigenvalue weighted by atomic mass is 10.2. The number of carboxylic acid groups (broad SMARTS) is 1. The number of likely N-dealkylation sites (N-methyl/N-ethyl adjacent to an activating group) is 1. The molecule has 0 atom stereocenters. The number of carbonyl (C=O) groups is 2. The van der Waals surface area contributed by atoms with E-state index in [1.165, 1.54) is 28.8 Å². The van der Waals surface area contributed by atoms with Crippen LogP contribution in [0.1, 0.15) is 15.9 Å². The van der Waals surface area contributed by atoms with Crippen LogP contribution in [-0.2, 0) is 4.79 Å². The van der Waals surface area contributed by atoms with E-state index in [0.717, 1.165) is 4.47 Å². The first-order chi connectivity index (χ1) is 13.9. The number of carbonyl (C=O) groups excluding carboxylic acids is 1. The van der Waals surface area contributed by atoms with Crippen molar-refractivity contribution in [1.29, 1.82) is 0 Å². The Balaban J connectivity index is 1.90. The summed E-state index contributed by atoms with van der Waals surface area (Å²) < 4.78 is 6.39. The summed E-state index contributed by atoms with van der Waals surface area (Å²) in [5.74, 6) is 1.79. The fourth-order valence-electron chi connectivity index (χ4n) is 2.46. The molecule has 29 heavy (non-hydrogen) atoms. The molecule has 0 bridgehead atoms. The molecule has 3 rings (SSSR count). The zero-order valence-corrected chi connectivity index (χ0v) is 17.7. The monoisotopic (exact) mass is 470 g/mol. The molecule has 2 aromatic carbocycles. The number of aliphatic imine (C=N–C) groups is 1. The average molecular weight is 471 g/mol. The van der Waals surface area contributed by atoms with Gasteiger partial charge in [-0.2, -0.15) is 0 Å². The number of thioether (sulfide) groups is 1. The van der Waals surface area contributed by atoms with Crippen molar-refractivity contribution in [2.24, 2.45) is 4.99 Å². The zero-order valence-electron chi connectivity index (χ0n) is 15.3. The van der Waals surface area contributed by atoms with Crippen LogP contribution < -0.4 is 4.74 Å². The normalized spacial score (nSPS) is 16.3. The van der Waals surface area contributed by atoms with Crippen LogP contribution in [0.3, 0.4) is 0 Å². The molecular weight excluding hydrogens is 456 g/mol. The van der Waals surface area contributed by atoms with Crippen molar-refractivity contribution in [2.45, 2.75) is 0 Å². The smallest absolute Gasteiger partial charge is 0.335 e. The lowest BCUT2D eigenvalue weighted by Crippen LogP contribution is -2.23. The van der Waals surface area contributed by atoms with Crippen LogP contribution in [-0.4, -0.2) is 40.7 Å². The number of carboxylic acids is 1. The number of amidine groups is 1. The number of nitrogens with zero attached hydrogens (tertiary/aromatic N) is 2. The summed E-state index contributed by atoms with van der Waals surface area (Å²) in [7, 11) is 1.64.